The summed E-state index contributed by atoms with van der Waals surface area (Å²) in [6, 6.07) is 8.07. The number of thioether (sulfide) groups is 1. The second kappa shape index (κ2) is 4.73. The average molecular weight is 249 g/mol. The Kier molecular flexibility index (Phi) is 3.48. The number of anilines is 1. The van der Waals surface area contributed by atoms with Gasteiger partial charge in [0.15, 0.2) is 0 Å². The number of hydrogen-bond acceptors (Lipinski definition) is 2. The number of carbonyl (C=O) groups excluding carboxylic acids is 1. The largest absolute Gasteiger partial charge is 0.326 e. The van der Waals surface area contributed by atoms with Crippen molar-refractivity contribution in [1.29, 1.82) is 0 Å². The minimum Gasteiger partial charge on any atom is -0.326 e. The van der Waals surface area contributed by atoms with Gasteiger partial charge in [0.1, 0.15) is 0 Å². The monoisotopic (exact) mass is 249 g/mol. The van der Waals surface area contributed by atoms with Crippen molar-refractivity contribution < 1.29 is 4.79 Å². The molecule has 1 amide bonds. The molecule has 0 bridgehead atoms. The lowest BCUT2D eigenvalue weighted by atomic mass is 10.1. The van der Waals surface area contributed by atoms with E-state index in [1.165, 1.54) is 4.90 Å². The Hall–Kier alpha value is -0.960. The van der Waals surface area contributed by atoms with Gasteiger partial charge in [-0.2, -0.15) is 0 Å². The van der Waals surface area contributed by atoms with Crippen LogP contribution in [-0.2, 0) is 4.79 Å². The van der Waals surface area contributed by atoms with Gasteiger partial charge in [0.25, 0.3) is 0 Å². The zero-order valence-electron chi connectivity index (χ0n) is 10.6. The third-order valence-corrected chi connectivity index (χ3v) is 4.49. The molecule has 1 fully saturated rings. The number of nitrogens with one attached hydrogen (secondary N) is 1. The van der Waals surface area contributed by atoms with E-state index in [1.807, 2.05) is 30.8 Å². The van der Waals surface area contributed by atoms with Crippen LogP contribution in [0.25, 0.3) is 0 Å². The van der Waals surface area contributed by atoms with E-state index in [0.717, 1.165) is 17.9 Å². The van der Waals surface area contributed by atoms with E-state index in [2.05, 4.69) is 31.3 Å². The van der Waals surface area contributed by atoms with Crippen LogP contribution >= 0.6 is 11.8 Å². The van der Waals surface area contributed by atoms with Gasteiger partial charge < -0.3 is 5.32 Å². The summed E-state index contributed by atoms with van der Waals surface area (Å²) in [6.45, 7) is 6.30. The highest BCUT2D eigenvalue weighted by Gasteiger charge is 2.52. The highest BCUT2D eigenvalue weighted by atomic mass is 32.2. The lowest BCUT2D eigenvalue weighted by molar-refractivity contribution is -0.121. The number of benzene rings is 1. The van der Waals surface area contributed by atoms with Crippen LogP contribution in [0.2, 0.25) is 0 Å². The van der Waals surface area contributed by atoms with Gasteiger partial charge >= 0.3 is 0 Å². The van der Waals surface area contributed by atoms with Gasteiger partial charge in [0, 0.05) is 16.0 Å². The lowest BCUT2D eigenvalue weighted by Crippen LogP contribution is -2.22. The number of rotatable bonds is 4. The maximum atomic E-state index is 12.0. The molecule has 2 rings (SSSR count). The molecule has 1 aromatic carbocycles. The van der Waals surface area contributed by atoms with Crippen LogP contribution in [0.15, 0.2) is 29.2 Å². The average Bonchev–Trinajstić information content (AvgIpc) is 2.92. The molecular formula is C14H19NOS. The number of hydrogen-bond donors (Lipinski definition) is 1. The Bertz CT molecular complexity index is 415. The quantitative estimate of drug-likeness (QED) is 0.823. The van der Waals surface area contributed by atoms with Crippen LogP contribution in [0.3, 0.4) is 0 Å². The third-order valence-electron chi connectivity index (χ3n) is 3.60. The summed E-state index contributed by atoms with van der Waals surface area (Å²) < 4.78 is 0. The van der Waals surface area contributed by atoms with Crippen molar-refractivity contribution in [2.75, 3.05) is 11.1 Å². The highest BCUT2D eigenvalue weighted by Crippen LogP contribution is 2.52. The molecule has 3 heteroatoms. The SMILES string of the molecule is CCSc1ccc(NC(=O)C2(C)CC2C)cc1. The van der Waals surface area contributed by atoms with Crippen molar-refractivity contribution in [3.8, 4) is 0 Å². The Morgan fingerprint density at radius 2 is 2.06 bits per heavy atom. The summed E-state index contributed by atoms with van der Waals surface area (Å²) in [4.78, 5) is 13.2. The van der Waals surface area contributed by atoms with Crippen molar-refractivity contribution in [3.63, 3.8) is 0 Å². The molecular weight excluding hydrogens is 230 g/mol. The molecule has 2 unspecified atom stereocenters. The van der Waals surface area contributed by atoms with Crippen LogP contribution in [-0.4, -0.2) is 11.7 Å². The summed E-state index contributed by atoms with van der Waals surface area (Å²) in [6.07, 6.45) is 1.00. The molecule has 2 atom stereocenters. The van der Waals surface area contributed by atoms with Gasteiger partial charge in [-0.1, -0.05) is 20.8 Å². The van der Waals surface area contributed by atoms with E-state index in [0.29, 0.717) is 5.92 Å². The minimum absolute atomic E-state index is 0.142. The zero-order valence-corrected chi connectivity index (χ0v) is 11.4. The first kappa shape index (κ1) is 12.5. The van der Waals surface area contributed by atoms with Crippen molar-refractivity contribution in [3.05, 3.63) is 24.3 Å². The Labute approximate surface area is 107 Å². The van der Waals surface area contributed by atoms with Crippen molar-refractivity contribution in [2.45, 2.75) is 32.1 Å². The molecule has 0 spiro atoms. The van der Waals surface area contributed by atoms with Crippen molar-refractivity contribution in [1.82, 2.24) is 0 Å². The molecule has 17 heavy (non-hydrogen) atoms. The zero-order chi connectivity index (χ0) is 12.5. The van der Waals surface area contributed by atoms with Crippen LogP contribution in [0.4, 0.5) is 5.69 Å². The van der Waals surface area contributed by atoms with E-state index < -0.39 is 0 Å². The predicted octanol–water partition coefficient (Wildman–Crippen LogP) is 3.78. The fraction of sp³-hybridized carbons (Fsp3) is 0.500. The fourth-order valence-corrected chi connectivity index (χ4v) is 2.63. The first-order valence-electron chi connectivity index (χ1n) is 6.10. The molecule has 0 radical (unpaired) electrons. The van der Waals surface area contributed by atoms with E-state index in [4.69, 9.17) is 0 Å². The van der Waals surface area contributed by atoms with Gasteiger partial charge in [0.05, 0.1) is 0 Å². The van der Waals surface area contributed by atoms with Crippen LogP contribution in [0, 0.1) is 11.3 Å². The summed E-state index contributed by atoms with van der Waals surface area (Å²) in [7, 11) is 0. The molecule has 0 aliphatic heterocycles. The maximum absolute atomic E-state index is 12.0. The molecule has 1 N–H and O–H groups in total. The molecule has 1 aromatic rings. The topological polar surface area (TPSA) is 29.1 Å². The molecule has 0 aromatic heterocycles. The second-order valence-electron chi connectivity index (χ2n) is 4.93. The van der Waals surface area contributed by atoms with Crippen molar-refractivity contribution >= 4 is 23.4 Å². The van der Waals surface area contributed by atoms with E-state index >= 15 is 0 Å². The minimum atomic E-state index is -0.142. The Morgan fingerprint density at radius 3 is 2.53 bits per heavy atom. The second-order valence-corrected chi connectivity index (χ2v) is 6.27. The van der Waals surface area contributed by atoms with Crippen molar-refractivity contribution in [2.24, 2.45) is 11.3 Å². The molecule has 2 nitrogen and oxygen atoms in total. The Morgan fingerprint density at radius 1 is 1.47 bits per heavy atom. The van der Waals surface area contributed by atoms with E-state index in [-0.39, 0.29) is 11.3 Å². The lowest BCUT2D eigenvalue weighted by Gasteiger charge is -2.11. The first-order valence-corrected chi connectivity index (χ1v) is 7.09. The first-order chi connectivity index (χ1) is 8.06. The molecule has 92 valence electrons. The van der Waals surface area contributed by atoms with Gasteiger partial charge in [-0.15, -0.1) is 11.8 Å². The van der Waals surface area contributed by atoms with Gasteiger partial charge in [-0.3, -0.25) is 4.79 Å². The summed E-state index contributed by atoms with van der Waals surface area (Å²) in [5.74, 6) is 1.74. The van der Waals surface area contributed by atoms with Crippen LogP contribution < -0.4 is 5.32 Å². The molecule has 0 heterocycles. The van der Waals surface area contributed by atoms with Crippen LogP contribution in [0.5, 0.6) is 0 Å². The summed E-state index contributed by atoms with van der Waals surface area (Å²) in [5, 5.41) is 3.00. The van der Waals surface area contributed by atoms with E-state index in [9.17, 15) is 4.79 Å². The Balaban J connectivity index is 1.97. The van der Waals surface area contributed by atoms with Crippen LogP contribution in [0.1, 0.15) is 27.2 Å². The summed E-state index contributed by atoms with van der Waals surface area (Å²) in [5.41, 5.74) is 0.757. The molecule has 0 saturated heterocycles. The third kappa shape index (κ3) is 2.65. The number of carbonyl (C=O) groups is 1. The fourth-order valence-electron chi connectivity index (χ4n) is 1.97. The predicted molar refractivity (Wildman–Crippen MR) is 73.4 cm³/mol. The van der Waals surface area contributed by atoms with Gasteiger partial charge in [-0.25, -0.2) is 0 Å². The maximum Gasteiger partial charge on any atom is 0.230 e. The van der Waals surface area contributed by atoms with E-state index in [1.54, 1.807) is 0 Å². The molecule has 1 aliphatic rings. The smallest absolute Gasteiger partial charge is 0.230 e. The van der Waals surface area contributed by atoms with Gasteiger partial charge in [-0.05, 0) is 42.4 Å². The summed E-state index contributed by atoms with van der Waals surface area (Å²) >= 11 is 1.81. The standard InChI is InChI=1S/C14H19NOS/c1-4-17-12-7-5-11(6-8-12)15-13(16)14(3)9-10(14)2/h5-8,10H,4,9H2,1-3H3,(H,15,16). The molecule has 1 saturated carbocycles. The highest BCUT2D eigenvalue weighted by molar-refractivity contribution is 7.99. The molecule has 1 aliphatic carbocycles. The normalized spacial score (nSPS) is 26.6. The number of amides is 1. The van der Waals surface area contributed by atoms with Gasteiger partial charge in [0.2, 0.25) is 5.91 Å².